The zero-order valence-electron chi connectivity index (χ0n) is 10.0. The summed E-state index contributed by atoms with van der Waals surface area (Å²) in [6, 6.07) is 3.46. The molecule has 2 aromatic rings. The maximum atomic E-state index is 13.7. The van der Waals surface area contributed by atoms with Crippen LogP contribution >= 0.6 is 0 Å². The van der Waals surface area contributed by atoms with Crippen molar-refractivity contribution in [1.82, 2.24) is 9.78 Å². The van der Waals surface area contributed by atoms with Gasteiger partial charge in [-0.2, -0.15) is 5.10 Å². The Morgan fingerprint density at radius 2 is 1.88 bits per heavy atom. The van der Waals surface area contributed by atoms with Crippen molar-refractivity contribution in [3.63, 3.8) is 0 Å². The standard InChI is InChI=1S/C13H14F2N2/c1-8(2)13-11(7-17(3)16-13)10-6-9(14)4-5-12(10)15/h4-8H,1-3H3. The maximum Gasteiger partial charge on any atom is 0.131 e. The number of benzene rings is 1. The molecular formula is C13H14F2N2. The average molecular weight is 236 g/mol. The summed E-state index contributed by atoms with van der Waals surface area (Å²) in [7, 11) is 1.77. The number of aromatic nitrogens is 2. The summed E-state index contributed by atoms with van der Waals surface area (Å²) in [5, 5.41) is 4.28. The van der Waals surface area contributed by atoms with Gasteiger partial charge in [-0.15, -0.1) is 0 Å². The van der Waals surface area contributed by atoms with E-state index < -0.39 is 11.6 Å². The summed E-state index contributed by atoms with van der Waals surface area (Å²) in [4.78, 5) is 0. The van der Waals surface area contributed by atoms with Crippen molar-refractivity contribution < 1.29 is 8.78 Å². The van der Waals surface area contributed by atoms with Gasteiger partial charge in [0.05, 0.1) is 5.69 Å². The first-order valence-electron chi connectivity index (χ1n) is 5.48. The molecule has 0 saturated heterocycles. The molecule has 4 heteroatoms. The van der Waals surface area contributed by atoms with Crippen LogP contribution in [0.5, 0.6) is 0 Å². The molecule has 0 radical (unpaired) electrons. The van der Waals surface area contributed by atoms with Gasteiger partial charge >= 0.3 is 0 Å². The number of nitrogens with zero attached hydrogens (tertiary/aromatic N) is 2. The molecule has 0 amide bonds. The zero-order valence-corrected chi connectivity index (χ0v) is 10.0. The van der Waals surface area contributed by atoms with Gasteiger partial charge in [0.15, 0.2) is 0 Å². The van der Waals surface area contributed by atoms with Crippen molar-refractivity contribution in [2.45, 2.75) is 19.8 Å². The van der Waals surface area contributed by atoms with E-state index in [0.717, 1.165) is 17.8 Å². The molecule has 0 atom stereocenters. The third kappa shape index (κ3) is 2.20. The minimum atomic E-state index is -0.444. The summed E-state index contributed by atoms with van der Waals surface area (Å²) < 4.78 is 28.5. The van der Waals surface area contributed by atoms with Gasteiger partial charge in [0.2, 0.25) is 0 Å². The summed E-state index contributed by atoms with van der Waals surface area (Å²) in [5.74, 6) is -0.713. The largest absolute Gasteiger partial charge is 0.275 e. The molecule has 0 aliphatic rings. The highest BCUT2D eigenvalue weighted by molar-refractivity contribution is 5.66. The Morgan fingerprint density at radius 1 is 1.18 bits per heavy atom. The van der Waals surface area contributed by atoms with Crippen molar-refractivity contribution in [1.29, 1.82) is 0 Å². The maximum absolute atomic E-state index is 13.7. The predicted octanol–water partition coefficient (Wildman–Crippen LogP) is 3.49. The zero-order chi connectivity index (χ0) is 12.6. The highest BCUT2D eigenvalue weighted by Gasteiger charge is 2.16. The number of aryl methyl sites for hydroxylation is 1. The van der Waals surface area contributed by atoms with Gasteiger partial charge in [-0.05, 0) is 24.1 Å². The summed E-state index contributed by atoms with van der Waals surface area (Å²) in [6.45, 7) is 3.95. The van der Waals surface area contributed by atoms with Crippen LogP contribution in [0.3, 0.4) is 0 Å². The summed E-state index contributed by atoms with van der Waals surface area (Å²) >= 11 is 0. The van der Waals surface area contributed by atoms with E-state index in [0.29, 0.717) is 5.56 Å². The lowest BCUT2D eigenvalue weighted by Gasteiger charge is -2.06. The minimum absolute atomic E-state index is 0.161. The van der Waals surface area contributed by atoms with Crippen LogP contribution in [0.1, 0.15) is 25.5 Å². The van der Waals surface area contributed by atoms with Crippen LogP contribution < -0.4 is 0 Å². The lowest BCUT2D eigenvalue weighted by atomic mass is 10.00. The Hall–Kier alpha value is -1.71. The van der Waals surface area contributed by atoms with Crippen LogP contribution in [0.15, 0.2) is 24.4 Å². The quantitative estimate of drug-likeness (QED) is 0.780. The number of hydrogen-bond donors (Lipinski definition) is 0. The molecule has 0 N–H and O–H groups in total. The van der Waals surface area contributed by atoms with Gasteiger partial charge in [-0.3, -0.25) is 4.68 Å². The van der Waals surface area contributed by atoms with Crippen LogP contribution in [0.25, 0.3) is 11.1 Å². The molecule has 2 nitrogen and oxygen atoms in total. The second-order valence-corrected chi connectivity index (χ2v) is 4.38. The predicted molar refractivity (Wildman–Crippen MR) is 62.6 cm³/mol. The van der Waals surface area contributed by atoms with Crippen molar-refractivity contribution in [2.24, 2.45) is 7.05 Å². The van der Waals surface area contributed by atoms with Gasteiger partial charge in [-0.1, -0.05) is 13.8 Å². The van der Waals surface area contributed by atoms with Gasteiger partial charge in [0.1, 0.15) is 11.6 Å². The Bertz CT molecular complexity index is 544. The summed E-state index contributed by atoms with van der Waals surface area (Å²) in [5.41, 5.74) is 1.69. The molecule has 0 unspecified atom stereocenters. The molecule has 90 valence electrons. The average Bonchev–Trinajstić information content (AvgIpc) is 2.64. The fraction of sp³-hybridized carbons (Fsp3) is 0.308. The summed E-state index contributed by atoms with van der Waals surface area (Å²) in [6.07, 6.45) is 1.72. The molecular weight excluding hydrogens is 222 g/mol. The van der Waals surface area contributed by atoms with Crippen molar-refractivity contribution in [3.8, 4) is 11.1 Å². The topological polar surface area (TPSA) is 17.8 Å². The normalized spacial score (nSPS) is 11.2. The van der Waals surface area contributed by atoms with E-state index >= 15 is 0 Å². The monoisotopic (exact) mass is 236 g/mol. The third-order valence-corrected chi connectivity index (χ3v) is 2.62. The van der Waals surface area contributed by atoms with Crippen molar-refractivity contribution >= 4 is 0 Å². The van der Waals surface area contributed by atoms with Gasteiger partial charge < -0.3 is 0 Å². The van der Waals surface area contributed by atoms with E-state index in [1.807, 2.05) is 13.8 Å². The van der Waals surface area contributed by atoms with Crippen LogP contribution in [0, 0.1) is 11.6 Å². The second kappa shape index (κ2) is 4.28. The first-order chi connectivity index (χ1) is 7.99. The SMILES string of the molecule is CC(C)c1nn(C)cc1-c1cc(F)ccc1F. The first-order valence-corrected chi connectivity index (χ1v) is 5.48. The third-order valence-electron chi connectivity index (χ3n) is 2.62. The van der Waals surface area contributed by atoms with Crippen LogP contribution in [-0.4, -0.2) is 9.78 Å². The molecule has 0 aliphatic carbocycles. The lowest BCUT2D eigenvalue weighted by Crippen LogP contribution is -1.94. The van der Waals surface area contributed by atoms with E-state index in [2.05, 4.69) is 5.10 Å². The smallest absolute Gasteiger partial charge is 0.131 e. The second-order valence-electron chi connectivity index (χ2n) is 4.38. The lowest BCUT2D eigenvalue weighted by molar-refractivity contribution is 0.603. The molecule has 0 saturated carbocycles. The molecule has 2 rings (SSSR count). The minimum Gasteiger partial charge on any atom is -0.275 e. The highest BCUT2D eigenvalue weighted by atomic mass is 19.1. The van der Waals surface area contributed by atoms with E-state index in [4.69, 9.17) is 0 Å². The molecule has 1 aromatic heterocycles. The van der Waals surface area contributed by atoms with Crippen LogP contribution in [0.2, 0.25) is 0 Å². The van der Waals surface area contributed by atoms with Crippen molar-refractivity contribution in [3.05, 3.63) is 41.7 Å². The van der Waals surface area contributed by atoms with E-state index in [1.165, 1.54) is 6.07 Å². The molecule has 1 heterocycles. The van der Waals surface area contributed by atoms with Gasteiger partial charge in [0, 0.05) is 24.4 Å². The van der Waals surface area contributed by atoms with E-state index in [1.54, 1.807) is 17.9 Å². The molecule has 0 bridgehead atoms. The van der Waals surface area contributed by atoms with E-state index in [-0.39, 0.29) is 11.5 Å². The molecule has 0 fully saturated rings. The Kier molecular flexibility index (Phi) is 2.96. The Balaban J connectivity index is 2.63. The number of rotatable bonds is 2. The number of hydrogen-bond acceptors (Lipinski definition) is 1. The number of halogens is 2. The van der Waals surface area contributed by atoms with Crippen LogP contribution in [-0.2, 0) is 7.05 Å². The van der Waals surface area contributed by atoms with Gasteiger partial charge in [-0.25, -0.2) is 8.78 Å². The fourth-order valence-electron chi connectivity index (χ4n) is 1.84. The molecule has 17 heavy (non-hydrogen) atoms. The molecule has 0 spiro atoms. The van der Waals surface area contributed by atoms with Crippen LogP contribution in [0.4, 0.5) is 8.78 Å². The first kappa shape index (κ1) is 11.8. The molecule has 0 aliphatic heterocycles. The highest BCUT2D eigenvalue weighted by Crippen LogP contribution is 2.30. The Labute approximate surface area is 98.9 Å². The Morgan fingerprint density at radius 3 is 2.53 bits per heavy atom. The van der Waals surface area contributed by atoms with Gasteiger partial charge in [0.25, 0.3) is 0 Å². The van der Waals surface area contributed by atoms with Crippen molar-refractivity contribution in [2.75, 3.05) is 0 Å². The molecule has 1 aromatic carbocycles. The fourth-order valence-corrected chi connectivity index (χ4v) is 1.84. The van der Waals surface area contributed by atoms with E-state index in [9.17, 15) is 8.78 Å².